The van der Waals surface area contributed by atoms with Crippen LogP contribution in [-0.4, -0.2) is 69.5 Å². The number of fused-ring (bicyclic) bond motifs is 1. The van der Waals surface area contributed by atoms with E-state index in [9.17, 15) is 4.79 Å². The molecule has 0 spiro atoms. The fourth-order valence-corrected chi connectivity index (χ4v) is 4.18. The third kappa shape index (κ3) is 3.20. The number of H-pyrrole nitrogens is 1. The summed E-state index contributed by atoms with van der Waals surface area (Å²) in [7, 11) is 1.92. The topological polar surface area (TPSA) is 120 Å². The van der Waals surface area contributed by atoms with Crippen molar-refractivity contribution in [2.45, 2.75) is 39.8 Å². The molecule has 1 atom stereocenters. The number of ether oxygens (including phenoxy) is 1. The first kappa shape index (κ1) is 20.2. The highest BCUT2D eigenvalue weighted by atomic mass is 16.5. The summed E-state index contributed by atoms with van der Waals surface area (Å²) < 4.78 is 10.1. The standard InChI is InChI=1S/C21H25N9O2/c1-5-30-13(3)15(9-25-30)18-26-17-19(28(18)4)22-11-23-20(17)32-14-6-7-29(10-14)21(31)16-12(2)8-24-27-16/h8-9,11,14H,5-7,10H2,1-4H3,(H,24,27). The van der Waals surface area contributed by atoms with Crippen LogP contribution in [0.25, 0.3) is 22.6 Å². The molecule has 1 N–H and O–H groups in total. The number of nitrogens with zero attached hydrogens (tertiary/aromatic N) is 8. The first-order valence-electron chi connectivity index (χ1n) is 10.6. The Labute approximate surface area is 184 Å². The molecule has 0 aliphatic carbocycles. The minimum Gasteiger partial charge on any atom is -0.471 e. The Balaban J connectivity index is 1.40. The highest BCUT2D eigenvalue weighted by Gasteiger charge is 2.31. The lowest BCUT2D eigenvalue weighted by atomic mass is 10.2. The molecule has 0 bridgehead atoms. The van der Waals surface area contributed by atoms with Gasteiger partial charge in [-0.3, -0.25) is 14.6 Å². The van der Waals surface area contributed by atoms with Crippen LogP contribution in [0.1, 0.15) is 35.1 Å². The molecule has 1 aliphatic heterocycles. The molecule has 5 rings (SSSR count). The summed E-state index contributed by atoms with van der Waals surface area (Å²) in [5, 5.41) is 11.2. The molecular weight excluding hydrogens is 410 g/mol. The van der Waals surface area contributed by atoms with Crippen LogP contribution >= 0.6 is 0 Å². The third-order valence-electron chi connectivity index (χ3n) is 6.02. The van der Waals surface area contributed by atoms with Gasteiger partial charge in [0.1, 0.15) is 23.9 Å². The number of aromatic amines is 1. The Morgan fingerprint density at radius 2 is 2.12 bits per heavy atom. The average molecular weight is 435 g/mol. The van der Waals surface area contributed by atoms with Crippen LogP contribution in [0.2, 0.25) is 0 Å². The molecule has 166 valence electrons. The summed E-state index contributed by atoms with van der Waals surface area (Å²) >= 11 is 0. The van der Waals surface area contributed by atoms with Crippen molar-refractivity contribution in [2.24, 2.45) is 7.05 Å². The zero-order valence-corrected chi connectivity index (χ0v) is 18.5. The second kappa shape index (κ2) is 7.74. The maximum atomic E-state index is 12.8. The van der Waals surface area contributed by atoms with Crippen molar-refractivity contribution in [3.05, 3.63) is 35.7 Å². The lowest BCUT2D eigenvalue weighted by Gasteiger charge is -2.16. The first-order valence-corrected chi connectivity index (χ1v) is 10.6. The zero-order valence-electron chi connectivity index (χ0n) is 18.5. The molecule has 11 nitrogen and oxygen atoms in total. The van der Waals surface area contributed by atoms with Crippen molar-refractivity contribution in [3.63, 3.8) is 0 Å². The molecule has 4 aromatic rings. The molecule has 0 aromatic carbocycles. The third-order valence-corrected chi connectivity index (χ3v) is 6.02. The minimum absolute atomic E-state index is 0.0672. The number of aryl methyl sites for hydroxylation is 3. The van der Waals surface area contributed by atoms with E-state index in [0.29, 0.717) is 42.2 Å². The Bertz CT molecular complexity index is 1300. The number of aromatic nitrogens is 8. The van der Waals surface area contributed by atoms with Gasteiger partial charge in [0.25, 0.3) is 5.91 Å². The van der Waals surface area contributed by atoms with E-state index in [1.807, 2.05) is 36.3 Å². The molecule has 32 heavy (non-hydrogen) atoms. The first-order chi connectivity index (χ1) is 15.5. The molecule has 1 amide bonds. The maximum absolute atomic E-state index is 12.8. The van der Waals surface area contributed by atoms with E-state index < -0.39 is 0 Å². The largest absolute Gasteiger partial charge is 0.471 e. The number of rotatable bonds is 5. The number of likely N-dealkylation sites (tertiary alicyclic amines) is 1. The minimum atomic E-state index is -0.171. The molecule has 1 aliphatic rings. The van der Waals surface area contributed by atoms with Gasteiger partial charge in [0.05, 0.1) is 24.5 Å². The smallest absolute Gasteiger partial charge is 0.272 e. The van der Waals surface area contributed by atoms with Crippen LogP contribution in [0.4, 0.5) is 0 Å². The second-order valence-electron chi connectivity index (χ2n) is 8.01. The number of carbonyl (C=O) groups excluding carboxylic acids is 1. The predicted molar refractivity (Wildman–Crippen MR) is 116 cm³/mol. The van der Waals surface area contributed by atoms with Crippen LogP contribution in [0.15, 0.2) is 18.7 Å². The van der Waals surface area contributed by atoms with E-state index in [4.69, 9.17) is 9.72 Å². The van der Waals surface area contributed by atoms with Gasteiger partial charge >= 0.3 is 0 Å². The highest BCUT2D eigenvalue weighted by molar-refractivity contribution is 5.93. The van der Waals surface area contributed by atoms with Gasteiger partial charge < -0.3 is 14.2 Å². The number of hydrogen-bond acceptors (Lipinski definition) is 7. The lowest BCUT2D eigenvalue weighted by Crippen LogP contribution is -2.31. The Hall–Kier alpha value is -3.76. The molecule has 0 saturated carbocycles. The van der Waals surface area contributed by atoms with E-state index in [1.165, 1.54) is 6.33 Å². The molecular formula is C21H25N9O2. The molecule has 11 heteroatoms. The van der Waals surface area contributed by atoms with Gasteiger partial charge in [-0.2, -0.15) is 15.2 Å². The van der Waals surface area contributed by atoms with E-state index in [-0.39, 0.29) is 12.0 Å². The van der Waals surface area contributed by atoms with Crippen LogP contribution in [0.5, 0.6) is 5.88 Å². The highest BCUT2D eigenvalue weighted by Crippen LogP contribution is 2.30. The number of imidazole rings is 1. The fourth-order valence-electron chi connectivity index (χ4n) is 4.18. The van der Waals surface area contributed by atoms with Crippen LogP contribution in [-0.2, 0) is 13.6 Å². The van der Waals surface area contributed by atoms with E-state index >= 15 is 0 Å². The van der Waals surface area contributed by atoms with E-state index in [2.05, 4.69) is 32.2 Å². The van der Waals surface area contributed by atoms with Gasteiger partial charge in [-0.25, -0.2) is 9.97 Å². The van der Waals surface area contributed by atoms with Gasteiger partial charge in [-0.1, -0.05) is 0 Å². The van der Waals surface area contributed by atoms with Crippen LogP contribution in [0.3, 0.4) is 0 Å². The van der Waals surface area contributed by atoms with Crippen molar-refractivity contribution >= 4 is 17.1 Å². The van der Waals surface area contributed by atoms with Gasteiger partial charge in [0.15, 0.2) is 11.2 Å². The summed E-state index contributed by atoms with van der Waals surface area (Å²) in [4.78, 5) is 28.1. The Morgan fingerprint density at radius 1 is 1.28 bits per heavy atom. The van der Waals surface area contributed by atoms with Gasteiger partial charge in [-0.15, -0.1) is 0 Å². The molecule has 0 radical (unpaired) electrons. The molecule has 4 aromatic heterocycles. The number of hydrogen-bond donors (Lipinski definition) is 1. The van der Waals surface area contributed by atoms with Gasteiger partial charge in [0.2, 0.25) is 5.88 Å². The Kier molecular flexibility index (Phi) is 4.87. The Morgan fingerprint density at radius 3 is 2.84 bits per heavy atom. The van der Waals surface area contributed by atoms with Crippen molar-refractivity contribution < 1.29 is 9.53 Å². The second-order valence-corrected chi connectivity index (χ2v) is 8.01. The van der Waals surface area contributed by atoms with Crippen molar-refractivity contribution in [3.8, 4) is 17.3 Å². The maximum Gasteiger partial charge on any atom is 0.272 e. The van der Waals surface area contributed by atoms with Crippen LogP contribution in [0, 0.1) is 13.8 Å². The van der Waals surface area contributed by atoms with Crippen molar-refractivity contribution in [2.75, 3.05) is 13.1 Å². The van der Waals surface area contributed by atoms with Gasteiger partial charge in [-0.05, 0) is 26.3 Å². The summed E-state index contributed by atoms with van der Waals surface area (Å²) in [6, 6.07) is 0. The zero-order chi connectivity index (χ0) is 22.4. The van der Waals surface area contributed by atoms with Crippen molar-refractivity contribution in [1.82, 2.24) is 44.4 Å². The number of carbonyl (C=O) groups is 1. The molecule has 1 saturated heterocycles. The summed E-state index contributed by atoms with van der Waals surface area (Å²) in [6.07, 6.45) is 5.50. The lowest BCUT2D eigenvalue weighted by molar-refractivity contribution is 0.0765. The molecule has 1 unspecified atom stereocenters. The van der Waals surface area contributed by atoms with E-state index in [0.717, 1.165) is 29.2 Å². The van der Waals surface area contributed by atoms with Crippen LogP contribution < -0.4 is 4.74 Å². The number of nitrogens with one attached hydrogen (secondary N) is 1. The quantitative estimate of drug-likeness (QED) is 0.508. The fraction of sp³-hybridized carbons (Fsp3) is 0.429. The predicted octanol–water partition coefficient (Wildman–Crippen LogP) is 1.88. The SMILES string of the molecule is CCn1ncc(-c2nc3c(OC4CCN(C(=O)c5[nH]ncc5C)C4)ncnc3n2C)c1C. The summed E-state index contributed by atoms with van der Waals surface area (Å²) in [6.45, 7) is 7.82. The average Bonchev–Trinajstić information content (AvgIpc) is 3.56. The van der Waals surface area contributed by atoms with Gasteiger partial charge in [0, 0.05) is 32.3 Å². The molecule has 5 heterocycles. The normalized spacial score (nSPS) is 16.2. The number of amides is 1. The van der Waals surface area contributed by atoms with Crippen molar-refractivity contribution in [1.29, 1.82) is 0 Å². The molecule has 1 fully saturated rings. The summed E-state index contributed by atoms with van der Waals surface area (Å²) in [5.41, 5.74) is 4.63. The van der Waals surface area contributed by atoms with E-state index in [1.54, 1.807) is 11.1 Å². The monoisotopic (exact) mass is 435 g/mol. The summed E-state index contributed by atoms with van der Waals surface area (Å²) in [5.74, 6) is 1.12.